The number of amides is 1. The monoisotopic (exact) mass is 473 g/mol. The van der Waals surface area contributed by atoms with Gasteiger partial charge in [0.25, 0.3) is 0 Å². The summed E-state index contributed by atoms with van der Waals surface area (Å²) in [6.07, 6.45) is -6.66. The van der Waals surface area contributed by atoms with Gasteiger partial charge in [-0.05, 0) is 39.9 Å². The van der Waals surface area contributed by atoms with Crippen molar-refractivity contribution in [3.63, 3.8) is 0 Å². The molecule has 5 nitrogen and oxygen atoms in total. The van der Waals surface area contributed by atoms with Crippen molar-refractivity contribution in [3.05, 3.63) is 94.8 Å². The predicted molar refractivity (Wildman–Crippen MR) is 115 cm³/mol. The van der Waals surface area contributed by atoms with E-state index < -0.39 is 47.6 Å². The summed E-state index contributed by atoms with van der Waals surface area (Å²) in [5, 5.41) is 11.6. The Morgan fingerprint density at radius 2 is 1.56 bits per heavy atom. The Bertz CT molecular complexity index is 1200. The zero-order chi connectivity index (χ0) is 24.5. The molecule has 34 heavy (non-hydrogen) atoms. The zero-order valence-corrected chi connectivity index (χ0v) is 17.6. The fourth-order valence-corrected chi connectivity index (χ4v) is 4.19. The molecule has 3 aromatic rings. The Morgan fingerprint density at radius 1 is 0.971 bits per heavy atom. The molecule has 0 aromatic heterocycles. The number of hydrogen-bond donors (Lipinski definition) is 2. The summed E-state index contributed by atoms with van der Waals surface area (Å²) in [6.45, 7) is -0.0868. The van der Waals surface area contributed by atoms with Crippen molar-refractivity contribution in [1.82, 2.24) is 5.32 Å². The topological polar surface area (TPSA) is 75.6 Å². The Balaban J connectivity index is 1.47. The van der Waals surface area contributed by atoms with Crippen LogP contribution in [-0.4, -0.2) is 29.8 Å². The van der Waals surface area contributed by atoms with Crippen molar-refractivity contribution >= 4 is 12.1 Å². The third-order valence-electron chi connectivity index (χ3n) is 5.74. The highest BCUT2D eigenvalue weighted by atomic mass is 19.4. The van der Waals surface area contributed by atoms with Crippen molar-refractivity contribution in [1.29, 1.82) is 0 Å². The molecule has 1 amide bonds. The lowest BCUT2D eigenvalue weighted by atomic mass is 9.98. The summed E-state index contributed by atoms with van der Waals surface area (Å²) >= 11 is 0. The Hall–Kier alpha value is -3.88. The maximum atomic E-state index is 13.3. The highest BCUT2D eigenvalue weighted by Crippen LogP contribution is 2.44. The average molecular weight is 473 g/mol. The lowest BCUT2D eigenvalue weighted by Gasteiger charge is -2.19. The van der Waals surface area contributed by atoms with E-state index in [0.29, 0.717) is 6.07 Å². The van der Waals surface area contributed by atoms with Crippen molar-refractivity contribution in [2.45, 2.75) is 24.6 Å². The van der Waals surface area contributed by atoms with Crippen molar-refractivity contribution in [2.24, 2.45) is 0 Å². The fourth-order valence-electron chi connectivity index (χ4n) is 4.19. The van der Waals surface area contributed by atoms with Gasteiger partial charge in [-0.1, -0.05) is 54.6 Å². The van der Waals surface area contributed by atoms with E-state index in [1.165, 1.54) is 0 Å². The van der Waals surface area contributed by atoms with E-state index in [-0.39, 0.29) is 12.5 Å². The van der Waals surface area contributed by atoms with Crippen LogP contribution in [0.5, 0.6) is 0 Å². The number of alkyl carbamates (subject to hydrolysis) is 1. The first kappa shape index (κ1) is 23.3. The van der Waals surface area contributed by atoms with Crippen LogP contribution < -0.4 is 5.32 Å². The van der Waals surface area contributed by atoms with Gasteiger partial charge in [0.2, 0.25) is 0 Å². The highest BCUT2D eigenvalue weighted by Gasteiger charge is 2.35. The van der Waals surface area contributed by atoms with Gasteiger partial charge in [-0.15, -0.1) is 0 Å². The van der Waals surface area contributed by atoms with Crippen LogP contribution in [0.2, 0.25) is 0 Å². The molecule has 0 bridgehead atoms. The quantitative estimate of drug-likeness (QED) is 0.472. The van der Waals surface area contributed by atoms with Crippen LogP contribution >= 0.6 is 0 Å². The minimum atomic E-state index is -4.88. The number of rotatable bonds is 6. The molecule has 0 fully saturated rings. The van der Waals surface area contributed by atoms with Crippen LogP contribution in [0.25, 0.3) is 11.1 Å². The van der Waals surface area contributed by atoms with Crippen LogP contribution in [0.4, 0.5) is 22.4 Å². The van der Waals surface area contributed by atoms with Crippen LogP contribution in [0.1, 0.15) is 28.2 Å². The van der Waals surface area contributed by atoms with Crippen LogP contribution in [0.3, 0.4) is 0 Å². The predicted octanol–water partition coefficient (Wildman–Crippen LogP) is 5.38. The minimum absolute atomic E-state index is 0.0868. The molecule has 1 atom stereocenters. The average Bonchev–Trinajstić information content (AvgIpc) is 3.11. The summed E-state index contributed by atoms with van der Waals surface area (Å²) in [6, 6.07) is 15.5. The number of fused-ring (bicyclic) bond motifs is 3. The molecule has 4 rings (SSSR count). The Morgan fingerprint density at radius 3 is 2.12 bits per heavy atom. The second kappa shape index (κ2) is 9.17. The minimum Gasteiger partial charge on any atom is -0.480 e. The van der Waals surface area contributed by atoms with Gasteiger partial charge in [-0.2, -0.15) is 13.2 Å². The van der Waals surface area contributed by atoms with Gasteiger partial charge < -0.3 is 15.2 Å². The van der Waals surface area contributed by atoms with Gasteiger partial charge >= 0.3 is 18.2 Å². The summed E-state index contributed by atoms with van der Waals surface area (Å²) in [5.74, 6) is -2.92. The Kier molecular flexibility index (Phi) is 6.28. The smallest absolute Gasteiger partial charge is 0.416 e. The van der Waals surface area contributed by atoms with E-state index in [4.69, 9.17) is 4.74 Å². The van der Waals surface area contributed by atoms with E-state index >= 15 is 0 Å². The number of benzene rings is 3. The molecule has 9 heteroatoms. The third-order valence-corrected chi connectivity index (χ3v) is 5.74. The van der Waals surface area contributed by atoms with Crippen molar-refractivity contribution in [3.8, 4) is 11.1 Å². The van der Waals surface area contributed by atoms with Crippen molar-refractivity contribution < 1.29 is 37.0 Å². The molecule has 0 aliphatic heterocycles. The largest absolute Gasteiger partial charge is 0.480 e. The van der Waals surface area contributed by atoms with Gasteiger partial charge in [0.1, 0.15) is 18.5 Å². The summed E-state index contributed by atoms with van der Waals surface area (Å²) in [7, 11) is 0. The van der Waals surface area contributed by atoms with Gasteiger partial charge in [-0.25, -0.2) is 14.0 Å². The second-order valence-electron chi connectivity index (χ2n) is 7.86. The molecule has 176 valence electrons. The summed E-state index contributed by atoms with van der Waals surface area (Å²) < 4.78 is 58.4. The van der Waals surface area contributed by atoms with Gasteiger partial charge in [0, 0.05) is 12.3 Å². The second-order valence-corrected chi connectivity index (χ2v) is 7.86. The van der Waals surface area contributed by atoms with E-state index in [0.717, 1.165) is 34.4 Å². The molecule has 0 saturated carbocycles. The normalized spacial score (nSPS) is 13.6. The highest BCUT2D eigenvalue weighted by molar-refractivity contribution is 5.81. The van der Waals surface area contributed by atoms with Gasteiger partial charge in [0.05, 0.1) is 5.56 Å². The van der Waals surface area contributed by atoms with E-state index in [1.807, 2.05) is 48.5 Å². The molecular formula is C25H19F4NO4. The third kappa shape index (κ3) is 4.73. The molecule has 1 aliphatic rings. The summed E-state index contributed by atoms with van der Waals surface area (Å²) in [5.41, 5.74) is 2.16. The number of carbonyl (C=O) groups excluding carboxylic acids is 1. The van der Waals surface area contributed by atoms with E-state index in [1.54, 1.807) is 0 Å². The number of nitrogens with one attached hydrogen (secondary N) is 1. The van der Waals surface area contributed by atoms with Crippen LogP contribution in [0.15, 0.2) is 66.7 Å². The number of carboxylic acids is 1. The molecule has 0 saturated heterocycles. The van der Waals surface area contributed by atoms with Gasteiger partial charge in [-0.3, -0.25) is 0 Å². The molecule has 1 unspecified atom stereocenters. The molecular weight excluding hydrogens is 454 g/mol. The fraction of sp³-hybridized carbons (Fsp3) is 0.200. The number of ether oxygens (including phenoxy) is 1. The maximum absolute atomic E-state index is 13.3. The first-order valence-corrected chi connectivity index (χ1v) is 10.3. The molecule has 0 heterocycles. The first-order chi connectivity index (χ1) is 16.1. The van der Waals surface area contributed by atoms with Crippen molar-refractivity contribution in [2.75, 3.05) is 6.61 Å². The number of carboxylic acid groups (broad SMARTS) is 1. The standard InChI is InChI=1S/C25H19F4NO4/c26-15-10-9-14(21(12-15)25(27,28)29)11-22(23(31)32)30-24(33)34-13-20-18-7-3-1-5-16(18)17-6-2-4-8-19(17)20/h1-10,12,20,22H,11,13H2,(H,30,33)(H,31,32). The summed E-state index contributed by atoms with van der Waals surface area (Å²) in [4.78, 5) is 24.0. The number of aliphatic carboxylic acids is 1. The molecule has 0 spiro atoms. The number of hydrogen-bond acceptors (Lipinski definition) is 3. The number of carbonyl (C=O) groups is 2. The number of alkyl halides is 3. The van der Waals surface area contributed by atoms with E-state index in [9.17, 15) is 32.3 Å². The molecule has 3 aromatic carbocycles. The lowest BCUT2D eigenvalue weighted by molar-refractivity contribution is -0.141. The maximum Gasteiger partial charge on any atom is 0.416 e. The van der Waals surface area contributed by atoms with Crippen LogP contribution in [0, 0.1) is 5.82 Å². The zero-order valence-electron chi connectivity index (χ0n) is 17.6. The molecule has 0 radical (unpaired) electrons. The lowest BCUT2D eigenvalue weighted by Crippen LogP contribution is -2.43. The number of halogens is 4. The molecule has 1 aliphatic carbocycles. The Labute approximate surface area is 192 Å². The van der Waals surface area contributed by atoms with Gasteiger partial charge in [0.15, 0.2) is 0 Å². The first-order valence-electron chi connectivity index (χ1n) is 10.3. The SMILES string of the molecule is O=C(NC(Cc1ccc(F)cc1C(F)(F)F)C(=O)O)OCC1c2ccccc2-c2ccccc21. The van der Waals surface area contributed by atoms with E-state index in [2.05, 4.69) is 5.32 Å². The van der Waals surface area contributed by atoms with Crippen LogP contribution in [-0.2, 0) is 22.1 Å². The molecule has 2 N–H and O–H groups in total.